The largest absolute Gasteiger partial charge is 0.508 e. The molecule has 0 amide bonds. The molecule has 0 heterocycles. The molecule has 3 N–H and O–H groups in total. The molecule has 4 aromatic carbocycles. The SMILES string of the molecule is O=C(Oc1c(C(=O)c2ccc(O)cc2)cccc1C(=O)c1ccc(O)cc1)c1ccccc1O. The number of esters is 1. The van der Waals surface area contributed by atoms with Crippen molar-refractivity contribution in [3.63, 3.8) is 0 Å². The average Bonchev–Trinajstić information content (AvgIpc) is 2.84. The van der Waals surface area contributed by atoms with Crippen LogP contribution in [0, 0.1) is 0 Å². The van der Waals surface area contributed by atoms with E-state index in [9.17, 15) is 29.7 Å². The van der Waals surface area contributed by atoms with Crippen LogP contribution in [0.25, 0.3) is 0 Å². The minimum Gasteiger partial charge on any atom is -0.508 e. The average molecular weight is 454 g/mol. The highest BCUT2D eigenvalue weighted by Gasteiger charge is 2.25. The van der Waals surface area contributed by atoms with E-state index in [4.69, 9.17) is 4.74 Å². The Morgan fingerprint density at radius 3 is 1.44 bits per heavy atom. The highest BCUT2D eigenvalue weighted by Crippen LogP contribution is 2.31. The van der Waals surface area contributed by atoms with Gasteiger partial charge in [-0.3, -0.25) is 9.59 Å². The topological polar surface area (TPSA) is 121 Å². The molecule has 4 rings (SSSR count). The number of phenolic OH excluding ortho intramolecular Hbond substituents is 3. The van der Waals surface area contributed by atoms with Crippen molar-refractivity contribution < 1.29 is 34.4 Å². The fourth-order valence-corrected chi connectivity index (χ4v) is 3.34. The van der Waals surface area contributed by atoms with Gasteiger partial charge < -0.3 is 20.1 Å². The molecule has 0 saturated carbocycles. The first-order valence-corrected chi connectivity index (χ1v) is 10.2. The second-order valence-electron chi connectivity index (χ2n) is 7.34. The molecule has 0 spiro atoms. The van der Waals surface area contributed by atoms with Crippen molar-refractivity contribution in [1.82, 2.24) is 0 Å². The molecule has 34 heavy (non-hydrogen) atoms. The van der Waals surface area contributed by atoms with Crippen molar-refractivity contribution >= 4 is 17.5 Å². The summed E-state index contributed by atoms with van der Waals surface area (Å²) < 4.78 is 5.54. The van der Waals surface area contributed by atoms with E-state index in [0.29, 0.717) is 0 Å². The Morgan fingerprint density at radius 2 is 0.971 bits per heavy atom. The van der Waals surface area contributed by atoms with E-state index in [2.05, 4.69) is 0 Å². The third-order valence-electron chi connectivity index (χ3n) is 5.08. The maximum Gasteiger partial charge on any atom is 0.347 e. The molecule has 0 fully saturated rings. The maximum atomic E-state index is 13.3. The van der Waals surface area contributed by atoms with Crippen molar-refractivity contribution in [2.45, 2.75) is 0 Å². The lowest BCUT2D eigenvalue weighted by Crippen LogP contribution is -2.16. The summed E-state index contributed by atoms with van der Waals surface area (Å²) in [4.78, 5) is 39.4. The van der Waals surface area contributed by atoms with Crippen molar-refractivity contribution in [2.24, 2.45) is 0 Å². The number of carbonyl (C=O) groups excluding carboxylic acids is 3. The predicted molar refractivity (Wildman–Crippen MR) is 123 cm³/mol. The zero-order valence-corrected chi connectivity index (χ0v) is 17.6. The number of carbonyl (C=O) groups is 3. The van der Waals surface area contributed by atoms with Crippen LogP contribution in [0.3, 0.4) is 0 Å². The normalized spacial score (nSPS) is 10.5. The third kappa shape index (κ3) is 4.49. The van der Waals surface area contributed by atoms with Gasteiger partial charge in [-0.25, -0.2) is 4.79 Å². The van der Waals surface area contributed by atoms with E-state index in [1.165, 1.54) is 91.0 Å². The minimum atomic E-state index is -0.955. The van der Waals surface area contributed by atoms with Crippen LogP contribution < -0.4 is 4.74 Å². The fraction of sp³-hybridized carbons (Fsp3) is 0. The Hall–Kier alpha value is -4.91. The summed E-state index contributed by atoms with van der Waals surface area (Å²) >= 11 is 0. The summed E-state index contributed by atoms with van der Waals surface area (Å²) in [5.41, 5.74) is 0.148. The second kappa shape index (κ2) is 9.30. The summed E-state index contributed by atoms with van der Waals surface area (Å²) in [6.45, 7) is 0. The number of hydrogen-bond acceptors (Lipinski definition) is 7. The number of aromatic hydroxyl groups is 3. The van der Waals surface area contributed by atoms with E-state index >= 15 is 0 Å². The molecule has 0 bridgehead atoms. The quantitative estimate of drug-likeness (QED) is 0.223. The van der Waals surface area contributed by atoms with E-state index < -0.39 is 17.5 Å². The van der Waals surface area contributed by atoms with Gasteiger partial charge in [0, 0.05) is 11.1 Å². The molecule has 168 valence electrons. The second-order valence-corrected chi connectivity index (χ2v) is 7.34. The van der Waals surface area contributed by atoms with Gasteiger partial charge in [0.05, 0.1) is 11.1 Å². The van der Waals surface area contributed by atoms with E-state index in [1.807, 2.05) is 0 Å². The van der Waals surface area contributed by atoms with Gasteiger partial charge in [0.2, 0.25) is 0 Å². The number of phenols is 3. The van der Waals surface area contributed by atoms with Gasteiger partial charge in [-0.1, -0.05) is 18.2 Å². The lowest BCUT2D eigenvalue weighted by molar-refractivity contribution is 0.0728. The fourth-order valence-electron chi connectivity index (χ4n) is 3.34. The first kappa shape index (κ1) is 22.3. The summed E-state index contributed by atoms with van der Waals surface area (Å²) in [5, 5.41) is 29.1. The van der Waals surface area contributed by atoms with E-state index in [1.54, 1.807) is 0 Å². The number of ether oxygens (including phenoxy) is 1. The lowest BCUT2D eigenvalue weighted by Gasteiger charge is -2.14. The molecule has 0 unspecified atom stereocenters. The smallest absolute Gasteiger partial charge is 0.347 e. The van der Waals surface area contributed by atoms with Crippen LogP contribution in [-0.4, -0.2) is 32.9 Å². The first-order valence-electron chi connectivity index (χ1n) is 10.2. The molecular weight excluding hydrogens is 436 g/mol. The monoisotopic (exact) mass is 454 g/mol. The van der Waals surface area contributed by atoms with Crippen LogP contribution in [0.2, 0.25) is 0 Å². The first-order chi connectivity index (χ1) is 16.3. The summed E-state index contributed by atoms with van der Waals surface area (Å²) in [6, 6.07) is 21.0. The van der Waals surface area contributed by atoms with Crippen LogP contribution in [0.4, 0.5) is 0 Å². The summed E-state index contributed by atoms with van der Waals surface area (Å²) in [6.07, 6.45) is 0. The number of rotatable bonds is 6. The highest BCUT2D eigenvalue weighted by atomic mass is 16.5. The summed E-state index contributed by atoms with van der Waals surface area (Å²) in [5.74, 6) is -2.68. The number of ketones is 2. The van der Waals surface area contributed by atoms with Crippen LogP contribution in [0.1, 0.15) is 42.2 Å². The molecule has 0 atom stereocenters. The zero-order chi connectivity index (χ0) is 24.2. The summed E-state index contributed by atoms with van der Waals surface area (Å²) in [7, 11) is 0. The van der Waals surface area contributed by atoms with E-state index in [-0.39, 0.29) is 50.8 Å². The van der Waals surface area contributed by atoms with Gasteiger partial charge in [0.1, 0.15) is 22.8 Å². The van der Waals surface area contributed by atoms with E-state index in [0.717, 1.165) is 0 Å². The minimum absolute atomic E-state index is 0.0287. The van der Waals surface area contributed by atoms with Crippen molar-refractivity contribution in [2.75, 3.05) is 0 Å². The van der Waals surface area contributed by atoms with Gasteiger partial charge >= 0.3 is 5.97 Å². The molecular formula is C27H18O7. The van der Waals surface area contributed by atoms with Crippen molar-refractivity contribution in [1.29, 1.82) is 0 Å². The predicted octanol–water partition coefficient (Wildman–Crippen LogP) is 4.48. The molecule has 0 aliphatic carbocycles. The highest BCUT2D eigenvalue weighted by molar-refractivity contribution is 6.17. The Morgan fingerprint density at radius 1 is 0.529 bits per heavy atom. The molecule has 0 aliphatic rings. The van der Waals surface area contributed by atoms with Gasteiger partial charge in [0.25, 0.3) is 0 Å². The van der Waals surface area contributed by atoms with Crippen LogP contribution in [-0.2, 0) is 0 Å². The zero-order valence-electron chi connectivity index (χ0n) is 17.6. The Kier molecular flexibility index (Phi) is 6.09. The molecule has 4 aromatic rings. The Balaban J connectivity index is 1.83. The number of benzene rings is 4. The van der Waals surface area contributed by atoms with Crippen LogP contribution in [0.5, 0.6) is 23.0 Å². The molecule has 0 aromatic heterocycles. The molecule has 7 nitrogen and oxygen atoms in total. The third-order valence-corrected chi connectivity index (χ3v) is 5.08. The maximum absolute atomic E-state index is 13.3. The van der Waals surface area contributed by atoms with Crippen molar-refractivity contribution in [3.8, 4) is 23.0 Å². The molecule has 0 aliphatic heterocycles. The van der Waals surface area contributed by atoms with Gasteiger partial charge in [0.15, 0.2) is 17.3 Å². The van der Waals surface area contributed by atoms with Crippen LogP contribution >= 0.6 is 0 Å². The molecule has 7 heteroatoms. The standard InChI is InChI=1S/C27H18O7/c28-18-12-8-16(9-13-18)24(31)21-5-3-6-22(25(32)17-10-14-19(29)15-11-17)26(21)34-27(33)20-4-1-2-7-23(20)30/h1-15,28-30H. The molecule has 0 radical (unpaired) electrons. The van der Waals surface area contributed by atoms with Crippen LogP contribution in [0.15, 0.2) is 91.0 Å². The Labute approximate surface area is 194 Å². The molecule has 0 saturated heterocycles. The number of para-hydroxylation sites is 2. The lowest BCUT2D eigenvalue weighted by atomic mass is 9.95. The van der Waals surface area contributed by atoms with Crippen molar-refractivity contribution in [3.05, 3.63) is 119 Å². The Bertz CT molecular complexity index is 1310. The number of hydrogen-bond donors (Lipinski definition) is 3. The van der Waals surface area contributed by atoms with Gasteiger partial charge in [-0.15, -0.1) is 0 Å². The van der Waals surface area contributed by atoms with Gasteiger partial charge in [-0.05, 0) is 72.8 Å². The van der Waals surface area contributed by atoms with Gasteiger partial charge in [-0.2, -0.15) is 0 Å².